The van der Waals surface area contributed by atoms with Crippen LogP contribution in [0.4, 0.5) is 0 Å². The second kappa shape index (κ2) is 23.7. The molecule has 4 aromatic carbocycles. The minimum atomic E-state index is -0.812. The lowest BCUT2D eigenvalue weighted by atomic mass is 9.85. The van der Waals surface area contributed by atoms with Gasteiger partial charge in [0.25, 0.3) is 0 Å². The second-order valence-electron chi connectivity index (χ2n) is 17.9. The zero-order valence-electron chi connectivity index (χ0n) is 42.4. The number of rotatable bonds is 22. The van der Waals surface area contributed by atoms with Crippen LogP contribution >= 0.6 is 0 Å². The highest BCUT2D eigenvalue weighted by Crippen LogP contribution is 2.51. The van der Waals surface area contributed by atoms with Crippen molar-refractivity contribution in [3.63, 3.8) is 0 Å². The molecule has 0 saturated carbocycles. The lowest BCUT2D eigenvalue weighted by Crippen LogP contribution is -2.52. The molecule has 16 heteroatoms. The van der Waals surface area contributed by atoms with E-state index in [1.165, 1.54) is 7.11 Å². The molecule has 0 amide bonds. The Bertz CT molecular complexity index is 2590. The molecule has 16 nitrogen and oxygen atoms in total. The fourth-order valence-corrected chi connectivity index (χ4v) is 10.2. The van der Waals surface area contributed by atoms with E-state index >= 15 is 0 Å². The molecule has 0 radical (unpaired) electrons. The molecule has 0 spiro atoms. The van der Waals surface area contributed by atoms with E-state index < -0.39 is 11.9 Å². The Hall–Kier alpha value is -6.83. The van der Waals surface area contributed by atoms with E-state index in [4.69, 9.17) is 52.1 Å². The number of esters is 2. The van der Waals surface area contributed by atoms with E-state index in [-0.39, 0.29) is 25.3 Å². The molecule has 4 aromatic rings. The maximum absolute atomic E-state index is 12.8. The third-order valence-electron chi connectivity index (χ3n) is 13.9. The Labute approximate surface area is 411 Å². The van der Waals surface area contributed by atoms with Gasteiger partial charge in [0.05, 0.1) is 129 Å². The predicted molar refractivity (Wildman–Crippen MR) is 261 cm³/mol. The first-order valence-corrected chi connectivity index (χ1v) is 23.3. The Morgan fingerprint density at radius 2 is 1.03 bits per heavy atom. The molecule has 4 unspecified atom stereocenters. The summed E-state index contributed by atoms with van der Waals surface area (Å²) in [5.74, 6) is 8.16. The first-order valence-electron chi connectivity index (χ1n) is 23.3. The summed E-state index contributed by atoms with van der Waals surface area (Å²) in [4.78, 5) is 37.7. The van der Waals surface area contributed by atoms with E-state index in [1.54, 1.807) is 56.9 Å². The molecular weight excluding hydrogens is 901 g/mol. The van der Waals surface area contributed by atoms with Crippen LogP contribution in [0.2, 0.25) is 0 Å². The molecule has 0 aromatic heterocycles. The molecule has 6 rings (SSSR count). The standard InChI is InChI=1S/C54H68N2O14/c1-55(22-18-37-31-45(62-5)46(63-6)33-40(37)41(55)28-36-26-39(34-57)52(66-9)47(30-36)64-7)20-12-24-69-49(58)16-17-50(59)70-25-13-21-56(2)23-19-38-32-48(65-8)53(67-10)54(68-11)51(38)42(56)27-35-14-15-43(60-3)44(29-35)61-4/h14-15,26,29-34,41-42H,12-13,18-25,27-28H2,1-11H3/q+2. The van der Waals surface area contributed by atoms with Crippen LogP contribution in [0.15, 0.2) is 48.5 Å². The van der Waals surface area contributed by atoms with Crippen LogP contribution in [0, 0.1) is 11.8 Å². The van der Waals surface area contributed by atoms with E-state index in [0.717, 1.165) is 65.6 Å². The van der Waals surface area contributed by atoms with E-state index in [0.29, 0.717) is 105 Å². The first kappa shape index (κ1) is 52.5. The lowest BCUT2D eigenvalue weighted by Gasteiger charge is -2.46. The number of likely N-dealkylation sites (N-methyl/N-ethyl adjacent to an activating group) is 2. The highest BCUT2D eigenvalue weighted by atomic mass is 16.5. The number of fused-ring (bicyclic) bond motifs is 2. The highest BCUT2D eigenvalue weighted by molar-refractivity contribution is 5.98. The van der Waals surface area contributed by atoms with Gasteiger partial charge in [-0.1, -0.05) is 6.07 Å². The van der Waals surface area contributed by atoms with Crippen LogP contribution in [0.1, 0.15) is 68.7 Å². The second-order valence-corrected chi connectivity index (χ2v) is 17.9. The van der Waals surface area contributed by atoms with Crippen LogP contribution in [0.25, 0.3) is 0 Å². The molecule has 70 heavy (non-hydrogen) atoms. The summed E-state index contributed by atoms with van der Waals surface area (Å²) >= 11 is 0. The minimum Gasteiger partial charge on any atom is -0.493 e. The highest BCUT2D eigenvalue weighted by Gasteiger charge is 2.43. The summed E-state index contributed by atoms with van der Waals surface area (Å²) < 4.78 is 63.5. The molecule has 0 aliphatic carbocycles. The van der Waals surface area contributed by atoms with Crippen molar-refractivity contribution in [2.24, 2.45) is 0 Å². The van der Waals surface area contributed by atoms with E-state index in [1.807, 2.05) is 48.5 Å². The molecule has 376 valence electrons. The average Bonchev–Trinajstić information content (AvgIpc) is 3.38. The van der Waals surface area contributed by atoms with Gasteiger partial charge >= 0.3 is 11.9 Å². The van der Waals surface area contributed by atoms with Crippen LogP contribution in [-0.2, 0) is 44.7 Å². The van der Waals surface area contributed by atoms with Gasteiger partial charge in [-0.05, 0) is 64.7 Å². The van der Waals surface area contributed by atoms with Crippen LogP contribution in [-0.4, -0.2) is 145 Å². The van der Waals surface area contributed by atoms with Gasteiger partial charge in [-0.15, -0.1) is 0 Å². The fraction of sp³-hybridized carbons (Fsp3) is 0.463. The van der Waals surface area contributed by atoms with Gasteiger partial charge in [0, 0.05) is 55.9 Å². The summed E-state index contributed by atoms with van der Waals surface area (Å²) in [5, 5.41) is 0. The smallest absolute Gasteiger partial charge is 0.384 e. The van der Waals surface area contributed by atoms with Gasteiger partial charge in [0.1, 0.15) is 12.1 Å². The number of carbonyl (C=O) groups excluding carboxylic acids is 3. The topological polar surface area (TPSA) is 153 Å². The number of aldehydes is 1. The van der Waals surface area contributed by atoms with Gasteiger partial charge < -0.3 is 61.1 Å². The zero-order valence-corrected chi connectivity index (χ0v) is 42.4. The number of nitrogens with zero attached hydrogens (tertiary/aromatic N) is 2. The Balaban J connectivity index is 1.08. The zero-order chi connectivity index (χ0) is 50.6. The quantitative estimate of drug-likeness (QED) is 0.0205. The summed E-state index contributed by atoms with van der Waals surface area (Å²) in [5.41, 5.74) is 6.74. The van der Waals surface area contributed by atoms with Crippen molar-refractivity contribution in [2.45, 2.75) is 50.6 Å². The van der Waals surface area contributed by atoms with Gasteiger partial charge in [-0.25, -0.2) is 9.59 Å². The summed E-state index contributed by atoms with van der Waals surface area (Å²) in [6.07, 6.45) is 4.59. The number of hydrogen-bond donors (Lipinski definition) is 0. The van der Waals surface area contributed by atoms with Crippen LogP contribution < -0.4 is 42.6 Å². The van der Waals surface area contributed by atoms with Crippen molar-refractivity contribution in [3.8, 4) is 63.6 Å². The Morgan fingerprint density at radius 1 is 0.543 bits per heavy atom. The van der Waals surface area contributed by atoms with Crippen molar-refractivity contribution in [1.82, 2.24) is 0 Å². The molecule has 2 aliphatic heterocycles. The van der Waals surface area contributed by atoms with E-state index in [2.05, 4.69) is 25.9 Å². The van der Waals surface area contributed by atoms with Gasteiger partial charge in [0.2, 0.25) is 5.75 Å². The first-order chi connectivity index (χ1) is 33.8. The molecule has 0 saturated heterocycles. The monoisotopic (exact) mass is 968 g/mol. The number of ether oxygens (including phenoxy) is 11. The van der Waals surface area contributed by atoms with Gasteiger partial charge in [0.15, 0.2) is 52.3 Å². The number of benzene rings is 4. The van der Waals surface area contributed by atoms with Crippen molar-refractivity contribution < 1.29 is 75.5 Å². The Morgan fingerprint density at radius 3 is 1.59 bits per heavy atom. The number of hydrogen-bond acceptors (Lipinski definition) is 14. The molecule has 2 heterocycles. The number of quaternary nitrogens is 2. The minimum absolute atomic E-state index is 0.0688. The predicted octanol–water partition coefficient (Wildman–Crippen LogP) is 6.72. The number of methoxy groups -OCH3 is 9. The normalized spacial score (nSPS) is 18.9. The third-order valence-corrected chi connectivity index (χ3v) is 13.9. The largest absolute Gasteiger partial charge is 0.493 e. The maximum Gasteiger partial charge on any atom is 0.384 e. The molecular formula is C54H68N2O14+2. The summed E-state index contributed by atoms with van der Waals surface area (Å²) in [7, 11) is 18.7. The molecule has 4 atom stereocenters. The molecule has 2 aliphatic rings. The van der Waals surface area contributed by atoms with Crippen LogP contribution in [0.3, 0.4) is 0 Å². The van der Waals surface area contributed by atoms with Crippen molar-refractivity contribution in [1.29, 1.82) is 0 Å². The van der Waals surface area contributed by atoms with Crippen molar-refractivity contribution in [3.05, 3.63) is 87.5 Å². The SMILES string of the molecule is COc1ccc(CC2c3c(cc(OC)c(OC)c3OC)CC[N+]2(C)CCCOC(=O)C#CC(=O)OCCC[N+]2(C)CCc3cc(OC)c(OC)cc3C2Cc2cc(C=O)c(OC)c(OC)c2)cc1OC. The lowest BCUT2D eigenvalue weighted by molar-refractivity contribution is -0.941. The molecule has 0 fully saturated rings. The Kier molecular flexibility index (Phi) is 17.8. The number of carbonyl (C=O) groups is 3. The summed E-state index contributed by atoms with van der Waals surface area (Å²) in [6.45, 7) is 3.12. The van der Waals surface area contributed by atoms with Gasteiger partial charge in [-0.3, -0.25) is 4.79 Å². The van der Waals surface area contributed by atoms with Crippen molar-refractivity contribution >= 4 is 18.2 Å². The fourth-order valence-electron chi connectivity index (χ4n) is 10.2. The molecule has 0 N–H and O–H groups in total. The van der Waals surface area contributed by atoms with Crippen LogP contribution in [0.5, 0.6) is 51.7 Å². The average molecular weight is 969 g/mol. The third kappa shape index (κ3) is 11.4. The summed E-state index contributed by atoms with van der Waals surface area (Å²) in [6, 6.07) is 15.6. The van der Waals surface area contributed by atoms with Crippen molar-refractivity contribution in [2.75, 3.05) is 117 Å². The maximum atomic E-state index is 12.8. The van der Waals surface area contributed by atoms with E-state index in [9.17, 15) is 14.4 Å². The molecule has 0 bridgehead atoms. The van der Waals surface area contributed by atoms with Gasteiger partial charge in [-0.2, -0.15) is 0 Å².